The Hall–Kier alpha value is -1.88. The van der Waals surface area contributed by atoms with Crippen LogP contribution < -0.4 is 11.1 Å². The van der Waals surface area contributed by atoms with Crippen LogP contribution in [0.25, 0.3) is 0 Å². The average molecular weight is 250 g/mol. The predicted octanol–water partition coefficient (Wildman–Crippen LogP) is 0.234. The molecule has 0 spiro atoms. The largest absolute Gasteiger partial charge is 0.467 e. The summed E-state index contributed by atoms with van der Waals surface area (Å²) in [6, 6.07) is 8.02. The fourth-order valence-electron chi connectivity index (χ4n) is 1.49. The van der Waals surface area contributed by atoms with E-state index in [1.54, 1.807) is 6.92 Å². The number of amides is 1. The number of nitrogens with one attached hydrogen (secondary N) is 1. The SMILES string of the molecule is COC(=O)C(Cc1ccccc1)NC(=O)C(C)N. The number of hydrogen-bond donors (Lipinski definition) is 2. The fraction of sp³-hybridized carbons (Fsp3) is 0.385. The summed E-state index contributed by atoms with van der Waals surface area (Å²) in [6.45, 7) is 1.56. The van der Waals surface area contributed by atoms with E-state index in [1.807, 2.05) is 30.3 Å². The van der Waals surface area contributed by atoms with Gasteiger partial charge in [0.1, 0.15) is 6.04 Å². The molecule has 0 bridgehead atoms. The van der Waals surface area contributed by atoms with E-state index < -0.39 is 18.1 Å². The van der Waals surface area contributed by atoms with Crippen molar-refractivity contribution in [3.63, 3.8) is 0 Å². The summed E-state index contributed by atoms with van der Waals surface area (Å²) in [5.74, 6) is -0.853. The molecule has 0 aliphatic rings. The van der Waals surface area contributed by atoms with Crippen LogP contribution in [-0.2, 0) is 20.7 Å². The van der Waals surface area contributed by atoms with Gasteiger partial charge in [0.25, 0.3) is 0 Å². The molecule has 98 valence electrons. The molecule has 1 rings (SSSR count). The molecule has 1 aromatic rings. The Morgan fingerprint density at radius 2 is 1.94 bits per heavy atom. The third-order valence-electron chi connectivity index (χ3n) is 2.50. The predicted molar refractivity (Wildman–Crippen MR) is 67.7 cm³/mol. The minimum Gasteiger partial charge on any atom is -0.467 e. The van der Waals surface area contributed by atoms with Crippen LogP contribution in [0, 0.1) is 0 Å². The summed E-state index contributed by atoms with van der Waals surface area (Å²) < 4.78 is 4.67. The van der Waals surface area contributed by atoms with Gasteiger partial charge in [-0.25, -0.2) is 4.79 Å². The lowest BCUT2D eigenvalue weighted by Gasteiger charge is -2.17. The van der Waals surface area contributed by atoms with Crippen molar-refractivity contribution in [3.05, 3.63) is 35.9 Å². The first-order valence-corrected chi connectivity index (χ1v) is 5.72. The van der Waals surface area contributed by atoms with Crippen LogP contribution in [0.2, 0.25) is 0 Å². The van der Waals surface area contributed by atoms with E-state index in [9.17, 15) is 9.59 Å². The topological polar surface area (TPSA) is 81.4 Å². The van der Waals surface area contributed by atoms with E-state index in [0.717, 1.165) is 5.56 Å². The Morgan fingerprint density at radius 1 is 1.33 bits per heavy atom. The van der Waals surface area contributed by atoms with Gasteiger partial charge in [-0.05, 0) is 12.5 Å². The highest BCUT2D eigenvalue weighted by atomic mass is 16.5. The minimum absolute atomic E-state index is 0.374. The Balaban J connectivity index is 2.73. The summed E-state index contributed by atoms with van der Waals surface area (Å²) in [5, 5.41) is 2.58. The monoisotopic (exact) mass is 250 g/mol. The molecule has 0 radical (unpaired) electrons. The number of esters is 1. The van der Waals surface area contributed by atoms with Gasteiger partial charge < -0.3 is 15.8 Å². The molecule has 0 fully saturated rings. The quantitative estimate of drug-likeness (QED) is 0.733. The molecule has 5 heteroatoms. The summed E-state index contributed by atoms with van der Waals surface area (Å²) in [7, 11) is 1.29. The van der Waals surface area contributed by atoms with E-state index in [0.29, 0.717) is 6.42 Å². The van der Waals surface area contributed by atoms with Crippen LogP contribution in [-0.4, -0.2) is 31.1 Å². The second kappa shape index (κ2) is 6.76. The zero-order chi connectivity index (χ0) is 13.5. The van der Waals surface area contributed by atoms with Gasteiger partial charge in [-0.1, -0.05) is 30.3 Å². The van der Waals surface area contributed by atoms with Crippen molar-refractivity contribution < 1.29 is 14.3 Å². The Morgan fingerprint density at radius 3 is 2.44 bits per heavy atom. The zero-order valence-electron chi connectivity index (χ0n) is 10.6. The highest BCUT2D eigenvalue weighted by molar-refractivity contribution is 5.87. The number of methoxy groups -OCH3 is 1. The zero-order valence-corrected chi connectivity index (χ0v) is 10.6. The number of carbonyl (C=O) groups is 2. The van der Waals surface area contributed by atoms with Crippen LogP contribution in [0.5, 0.6) is 0 Å². The Bertz CT molecular complexity index is 404. The van der Waals surface area contributed by atoms with Crippen LogP contribution in [0.3, 0.4) is 0 Å². The third-order valence-corrected chi connectivity index (χ3v) is 2.50. The average Bonchev–Trinajstić information content (AvgIpc) is 2.38. The normalized spacial score (nSPS) is 13.5. The Labute approximate surface area is 106 Å². The maximum absolute atomic E-state index is 11.6. The molecule has 0 saturated carbocycles. The van der Waals surface area contributed by atoms with Crippen molar-refractivity contribution in [2.45, 2.75) is 25.4 Å². The molecule has 0 aromatic heterocycles. The number of ether oxygens (including phenoxy) is 1. The van der Waals surface area contributed by atoms with Crippen LogP contribution in [0.1, 0.15) is 12.5 Å². The summed E-state index contributed by atoms with van der Waals surface area (Å²) in [4.78, 5) is 23.1. The molecular weight excluding hydrogens is 232 g/mol. The number of nitrogens with two attached hydrogens (primary N) is 1. The molecular formula is C13H18N2O3. The molecule has 0 aliphatic heterocycles. The van der Waals surface area contributed by atoms with E-state index >= 15 is 0 Å². The summed E-state index contributed by atoms with van der Waals surface area (Å²) >= 11 is 0. The molecule has 1 amide bonds. The number of hydrogen-bond acceptors (Lipinski definition) is 4. The Kier molecular flexibility index (Phi) is 5.32. The van der Waals surface area contributed by atoms with Gasteiger partial charge >= 0.3 is 5.97 Å². The van der Waals surface area contributed by atoms with Crippen molar-refractivity contribution >= 4 is 11.9 Å². The maximum Gasteiger partial charge on any atom is 0.328 e. The van der Waals surface area contributed by atoms with Crippen molar-refractivity contribution in [3.8, 4) is 0 Å². The fourth-order valence-corrected chi connectivity index (χ4v) is 1.49. The summed E-state index contributed by atoms with van der Waals surface area (Å²) in [6.07, 6.45) is 0.381. The van der Waals surface area contributed by atoms with E-state index in [-0.39, 0.29) is 5.91 Å². The van der Waals surface area contributed by atoms with E-state index in [1.165, 1.54) is 7.11 Å². The van der Waals surface area contributed by atoms with Gasteiger partial charge in [0.2, 0.25) is 5.91 Å². The molecule has 5 nitrogen and oxygen atoms in total. The number of benzene rings is 1. The van der Waals surface area contributed by atoms with Gasteiger partial charge in [-0.2, -0.15) is 0 Å². The minimum atomic E-state index is -0.712. The van der Waals surface area contributed by atoms with Gasteiger partial charge in [-0.3, -0.25) is 4.79 Å². The first kappa shape index (κ1) is 14.2. The summed E-state index contributed by atoms with van der Waals surface area (Å²) in [5.41, 5.74) is 6.40. The maximum atomic E-state index is 11.6. The third kappa shape index (κ3) is 4.18. The molecule has 0 saturated heterocycles. The molecule has 2 atom stereocenters. The van der Waals surface area contributed by atoms with Gasteiger partial charge in [0.15, 0.2) is 0 Å². The molecule has 2 unspecified atom stereocenters. The van der Waals surface area contributed by atoms with Crippen molar-refractivity contribution in [1.82, 2.24) is 5.32 Å². The van der Waals surface area contributed by atoms with Gasteiger partial charge in [-0.15, -0.1) is 0 Å². The van der Waals surface area contributed by atoms with Crippen LogP contribution in [0.15, 0.2) is 30.3 Å². The second-order valence-corrected chi connectivity index (χ2v) is 4.06. The molecule has 3 N–H and O–H groups in total. The lowest BCUT2D eigenvalue weighted by Crippen LogP contribution is -2.48. The van der Waals surface area contributed by atoms with Gasteiger partial charge in [0.05, 0.1) is 13.2 Å². The molecule has 1 aromatic carbocycles. The van der Waals surface area contributed by atoms with Crippen molar-refractivity contribution in [2.75, 3.05) is 7.11 Å². The molecule has 0 aliphatic carbocycles. The van der Waals surface area contributed by atoms with E-state index in [4.69, 9.17) is 5.73 Å². The van der Waals surface area contributed by atoms with Crippen molar-refractivity contribution in [2.24, 2.45) is 5.73 Å². The first-order chi connectivity index (χ1) is 8.54. The van der Waals surface area contributed by atoms with Crippen LogP contribution in [0.4, 0.5) is 0 Å². The van der Waals surface area contributed by atoms with Gasteiger partial charge in [0, 0.05) is 6.42 Å². The molecule has 0 heterocycles. The first-order valence-electron chi connectivity index (χ1n) is 5.72. The van der Waals surface area contributed by atoms with Crippen LogP contribution >= 0.6 is 0 Å². The van der Waals surface area contributed by atoms with Crippen molar-refractivity contribution in [1.29, 1.82) is 0 Å². The lowest BCUT2D eigenvalue weighted by molar-refractivity contribution is -0.145. The molecule has 18 heavy (non-hydrogen) atoms. The highest BCUT2D eigenvalue weighted by Gasteiger charge is 2.23. The highest BCUT2D eigenvalue weighted by Crippen LogP contribution is 2.04. The standard InChI is InChI=1S/C13H18N2O3/c1-9(14)12(16)15-11(13(17)18-2)8-10-6-4-3-5-7-10/h3-7,9,11H,8,14H2,1-2H3,(H,15,16). The van der Waals surface area contributed by atoms with E-state index in [2.05, 4.69) is 10.1 Å². The second-order valence-electron chi connectivity index (χ2n) is 4.06. The smallest absolute Gasteiger partial charge is 0.328 e. The number of carbonyl (C=O) groups excluding carboxylic acids is 2. The number of rotatable bonds is 5. The lowest BCUT2D eigenvalue weighted by atomic mass is 10.1.